The first-order valence-corrected chi connectivity index (χ1v) is 5.34. The van der Waals surface area contributed by atoms with Crippen LogP contribution in [0.15, 0.2) is 4.79 Å². The molecule has 15 heavy (non-hydrogen) atoms. The molecule has 0 amide bonds. The largest absolute Gasteiger partial charge is 0.406 e. The number of aryl methyl sites for hydroxylation is 1. The van der Waals surface area contributed by atoms with Crippen LogP contribution in [0.3, 0.4) is 0 Å². The molecule has 0 fully saturated rings. The van der Waals surface area contributed by atoms with Crippen LogP contribution in [-0.4, -0.2) is 36.8 Å². The Morgan fingerprint density at radius 1 is 1.53 bits per heavy atom. The van der Waals surface area contributed by atoms with E-state index in [0.717, 1.165) is 4.68 Å². The molecular formula is C6H7AlF3N3OS. The number of hydrogen-bond acceptors (Lipinski definition) is 3. The maximum Gasteiger partial charge on any atom is 0.406 e. The summed E-state index contributed by atoms with van der Waals surface area (Å²) in [5.74, 6) is 0. The molecule has 0 aliphatic carbocycles. The maximum atomic E-state index is 12.1. The van der Waals surface area contributed by atoms with Crippen LogP contribution in [0.25, 0.3) is 0 Å². The Balaban J connectivity index is 3.41. The second kappa shape index (κ2) is 4.08. The van der Waals surface area contributed by atoms with Gasteiger partial charge < -0.3 is 0 Å². The van der Waals surface area contributed by atoms with Gasteiger partial charge in [0.2, 0.25) is 0 Å². The van der Waals surface area contributed by atoms with Gasteiger partial charge in [-0.25, -0.2) is 4.68 Å². The maximum absolute atomic E-state index is 12.1. The molecular weight excluding hydrogens is 246 g/mol. The van der Waals surface area contributed by atoms with Crippen LogP contribution in [0.1, 0.15) is 0 Å². The van der Waals surface area contributed by atoms with Gasteiger partial charge in [-0.3, -0.25) is 9.36 Å². The van der Waals surface area contributed by atoms with Crippen LogP contribution in [0, 0.1) is 4.77 Å². The normalized spacial score (nSPS) is 11.7. The second-order valence-electron chi connectivity index (χ2n) is 3.00. The first kappa shape index (κ1) is 12.4. The first-order chi connectivity index (χ1) is 6.72. The Labute approximate surface area is 95.8 Å². The van der Waals surface area contributed by atoms with Crippen LogP contribution in [0.4, 0.5) is 13.2 Å². The van der Waals surface area contributed by atoms with Crippen molar-refractivity contribution in [3.8, 4) is 0 Å². The quantitative estimate of drug-likeness (QED) is 0.482. The van der Waals surface area contributed by atoms with Gasteiger partial charge in [-0.15, -0.1) is 0 Å². The lowest BCUT2D eigenvalue weighted by molar-refractivity contribution is -0.141. The number of halogens is 3. The molecule has 0 unspecified atom stereocenters. The monoisotopic (exact) mass is 253 g/mol. The van der Waals surface area contributed by atoms with Crippen molar-refractivity contribution in [2.75, 3.05) is 0 Å². The highest BCUT2D eigenvalue weighted by atomic mass is 32.1. The Hall–Kier alpha value is -0.648. The number of rotatable bonds is 1. The van der Waals surface area contributed by atoms with E-state index in [1.807, 2.05) is 0 Å². The molecule has 1 aromatic heterocycles. The van der Waals surface area contributed by atoms with Gasteiger partial charge in [-0.2, -0.15) is 18.3 Å². The van der Waals surface area contributed by atoms with Crippen molar-refractivity contribution >= 4 is 33.1 Å². The number of aromatic nitrogens is 3. The Morgan fingerprint density at radius 2 is 2.07 bits per heavy atom. The summed E-state index contributed by atoms with van der Waals surface area (Å²) >= 11 is 4.97. The molecule has 82 valence electrons. The lowest BCUT2D eigenvalue weighted by atomic mass is 10.6. The van der Waals surface area contributed by atoms with E-state index in [1.165, 1.54) is 7.05 Å². The summed E-state index contributed by atoms with van der Waals surface area (Å²) in [6.07, 6.45) is -4.46. The van der Waals surface area contributed by atoms with Crippen LogP contribution in [0.2, 0.25) is 0 Å². The molecule has 1 aromatic rings. The minimum Gasteiger partial charge on any atom is -0.275 e. The van der Waals surface area contributed by atoms with E-state index in [1.54, 1.807) is 0 Å². The predicted octanol–water partition coefficient (Wildman–Crippen LogP) is -0.868. The first-order valence-electron chi connectivity index (χ1n) is 3.94. The van der Waals surface area contributed by atoms with Gasteiger partial charge in [0.05, 0.1) is 0 Å². The minimum atomic E-state index is -4.46. The summed E-state index contributed by atoms with van der Waals surface area (Å²) in [7, 11) is 1.41. The number of nitrogens with zero attached hydrogens (tertiary/aromatic N) is 3. The topological polar surface area (TPSA) is 39.8 Å². The molecule has 0 saturated carbocycles. The highest BCUT2D eigenvalue weighted by Crippen LogP contribution is 2.16. The molecule has 0 saturated heterocycles. The average Bonchev–Trinajstić information content (AvgIpc) is 2.08. The molecule has 0 N–H and O–H groups in total. The molecule has 0 aliphatic rings. The summed E-state index contributed by atoms with van der Waals surface area (Å²) in [4.78, 5) is 11.4. The predicted molar refractivity (Wildman–Crippen MR) is 52.5 cm³/mol. The number of hydrogen-bond donors (Lipinski definition) is 0. The SMILES string of the molecule is Cn1n[c]([AlH2])c(=O)n(CC(F)(F)F)c1=S. The molecule has 0 spiro atoms. The third-order valence-corrected chi connectivity index (χ3v) is 2.81. The molecule has 1 rings (SSSR count). The summed E-state index contributed by atoms with van der Waals surface area (Å²) in [5.41, 5.74) is -0.748. The Bertz CT molecular complexity index is 458. The van der Waals surface area contributed by atoms with E-state index in [4.69, 9.17) is 0 Å². The zero-order valence-electron chi connectivity index (χ0n) is 8.00. The zero-order chi connectivity index (χ0) is 11.8. The van der Waals surface area contributed by atoms with Gasteiger partial charge in [-0.1, -0.05) is 0 Å². The van der Waals surface area contributed by atoms with E-state index in [-0.39, 0.29) is 25.6 Å². The van der Waals surface area contributed by atoms with Crippen molar-refractivity contribution in [1.29, 1.82) is 0 Å². The highest BCUT2D eigenvalue weighted by Gasteiger charge is 2.29. The van der Waals surface area contributed by atoms with E-state index < -0.39 is 18.3 Å². The van der Waals surface area contributed by atoms with E-state index >= 15 is 0 Å². The summed E-state index contributed by atoms with van der Waals surface area (Å²) < 4.78 is 37.9. The molecule has 0 aromatic carbocycles. The van der Waals surface area contributed by atoms with E-state index in [9.17, 15) is 18.0 Å². The second-order valence-corrected chi connectivity index (χ2v) is 4.31. The van der Waals surface area contributed by atoms with E-state index in [2.05, 4.69) is 17.3 Å². The molecule has 0 atom stereocenters. The standard InChI is InChI=1S/C6H5F3N3OS.Al.2H/c1-11-5(14)12(3-6(7,8)9)4(13)2-10-11;;;/h3H2,1H3;;;. The molecule has 9 heteroatoms. The van der Waals surface area contributed by atoms with Crippen LogP contribution in [0.5, 0.6) is 0 Å². The van der Waals surface area contributed by atoms with Crippen molar-refractivity contribution in [2.24, 2.45) is 7.05 Å². The van der Waals surface area contributed by atoms with Gasteiger partial charge in [0.1, 0.15) is 6.54 Å². The van der Waals surface area contributed by atoms with Gasteiger partial charge in [0.25, 0.3) is 5.56 Å². The molecule has 0 bridgehead atoms. The molecule has 0 aliphatic heterocycles. The van der Waals surface area contributed by atoms with E-state index in [0.29, 0.717) is 4.57 Å². The van der Waals surface area contributed by atoms with Crippen molar-refractivity contribution in [3.63, 3.8) is 0 Å². The summed E-state index contributed by atoms with van der Waals surface area (Å²) in [6, 6.07) is 0. The van der Waals surface area contributed by atoms with Crippen molar-refractivity contribution < 1.29 is 13.2 Å². The van der Waals surface area contributed by atoms with Gasteiger partial charge >= 0.3 is 22.5 Å². The highest BCUT2D eigenvalue weighted by molar-refractivity contribution is 7.71. The summed E-state index contributed by atoms with van der Waals surface area (Å²) in [6.45, 7) is -1.36. The molecule has 4 nitrogen and oxygen atoms in total. The van der Waals surface area contributed by atoms with Gasteiger partial charge in [0, 0.05) is 11.6 Å². The average molecular weight is 253 g/mol. The lowest BCUT2D eigenvalue weighted by Crippen LogP contribution is -2.42. The zero-order valence-corrected chi connectivity index (χ0v) is 10.8. The summed E-state index contributed by atoms with van der Waals surface area (Å²) in [5, 5.41) is 3.74. The van der Waals surface area contributed by atoms with Crippen LogP contribution < -0.4 is 10.1 Å². The minimum absolute atomic E-state index is 0.121. The van der Waals surface area contributed by atoms with Gasteiger partial charge in [-0.05, 0) is 12.2 Å². The van der Waals surface area contributed by atoms with Crippen molar-refractivity contribution in [2.45, 2.75) is 12.7 Å². The van der Waals surface area contributed by atoms with Crippen molar-refractivity contribution in [3.05, 3.63) is 15.1 Å². The molecule has 1 heterocycles. The van der Waals surface area contributed by atoms with Crippen molar-refractivity contribution in [1.82, 2.24) is 14.3 Å². The smallest absolute Gasteiger partial charge is 0.275 e. The molecule has 0 radical (unpaired) electrons. The Kier molecular flexibility index (Phi) is 3.38. The van der Waals surface area contributed by atoms with Crippen LogP contribution >= 0.6 is 12.2 Å². The third-order valence-electron chi connectivity index (χ3n) is 1.70. The third kappa shape index (κ3) is 2.90. The number of alkyl halides is 3. The Morgan fingerprint density at radius 3 is 2.53 bits per heavy atom. The van der Waals surface area contributed by atoms with Gasteiger partial charge in [0.15, 0.2) is 4.77 Å². The fourth-order valence-electron chi connectivity index (χ4n) is 1.09. The van der Waals surface area contributed by atoms with Crippen LogP contribution in [-0.2, 0) is 13.6 Å². The fourth-order valence-corrected chi connectivity index (χ4v) is 1.84. The lowest BCUT2D eigenvalue weighted by Gasteiger charge is -2.11. The fraction of sp³-hybridized carbons (Fsp3) is 0.500.